The van der Waals surface area contributed by atoms with E-state index in [-0.39, 0.29) is 11.4 Å². The lowest BCUT2D eigenvalue weighted by Gasteiger charge is -2.51. The minimum Gasteiger partial charge on any atom is -0.419 e. The van der Waals surface area contributed by atoms with Crippen molar-refractivity contribution in [2.75, 3.05) is 39.9 Å². The van der Waals surface area contributed by atoms with Crippen molar-refractivity contribution >= 4 is 0 Å². The molecule has 0 atom stereocenters. The molecule has 3 heterocycles. The molecule has 6 nitrogen and oxygen atoms in total. The van der Waals surface area contributed by atoms with Gasteiger partial charge in [0.2, 0.25) is 11.8 Å². The van der Waals surface area contributed by atoms with E-state index in [1.807, 2.05) is 0 Å². The highest BCUT2D eigenvalue weighted by atomic mass is 19.1. The molecule has 2 saturated heterocycles. The summed E-state index contributed by atoms with van der Waals surface area (Å²) >= 11 is 0. The first-order chi connectivity index (χ1) is 12.1. The van der Waals surface area contributed by atoms with Gasteiger partial charge in [-0.25, -0.2) is 4.39 Å². The standard InChI is InChI=1S/C18H23FN4O2/c1-22-7-8-23(13-18(22)5-9-24-10-6-18)12-16-20-21-17(25-16)14-3-2-4-15(19)11-14/h2-4,11H,5-10,12-13H2,1H3. The Morgan fingerprint density at radius 1 is 1.20 bits per heavy atom. The molecule has 0 unspecified atom stereocenters. The van der Waals surface area contributed by atoms with Crippen LogP contribution < -0.4 is 0 Å². The van der Waals surface area contributed by atoms with Crippen molar-refractivity contribution in [2.45, 2.75) is 24.9 Å². The van der Waals surface area contributed by atoms with Gasteiger partial charge in [-0.05, 0) is 38.1 Å². The Morgan fingerprint density at radius 2 is 2.04 bits per heavy atom. The Kier molecular flexibility index (Phi) is 4.54. The van der Waals surface area contributed by atoms with Crippen LogP contribution in [-0.2, 0) is 11.3 Å². The maximum absolute atomic E-state index is 13.4. The van der Waals surface area contributed by atoms with Crippen molar-refractivity contribution in [2.24, 2.45) is 0 Å². The first kappa shape index (κ1) is 16.6. The molecule has 2 aromatic rings. The van der Waals surface area contributed by atoms with Crippen LogP contribution in [0.25, 0.3) is 11.5 Å². The lowest BCUT2D eigenvalue weighted by molar-refractivity contribution is -0.0638. The second-order valence-electron chi connectivity index (χ2n) is 6.98. The van der Waals surface area contributed by atoms with Crippen molar-refractivity contribution in [3.8, 4) is 11.5 Å². The monoisotopic (exact) mass is 346 g/mol. The zero-order valence-electron chi connectivity index (χ0n) is 14.4. The lowest BCUT2D eigenvalue weighted by Crippen LogP contribution is -2.62. The van der Waals surface area contributed by atoms with Crippen LogP contribution in [0.4, 0.5) is 4.39 Å². The molecule has 2 aliphatic heterocycles. The molecule has 1 aromatic carbocycles. The van der Waals surface area contributed by atoms with Gasteiger partial charge in [0.05, 0.1) is 6.54 Å². The van der Waals surface area contributed by atoms with E-state index in [4.69, 9.17) is 9.15 Å². The number of ether oxygens (including phenoxy) is 1. The highest BCUT2D eigenvalue weighted by Crippen LogP contribution is 2.31. The molecule has 7 heteroatoms. The van der Waals surface area contributed by atoms with Crippen molar-refractivity contribution in [1.82, 2.24) is 20.0 Å². The summed E-state index contributed by atoms with van der Waals surface area (Å²) in [5.74, 6) is 0.633. The maximum atomic E-state index is 13.4. The Morgan fingerprint density at radius 3 is 2.84 bits per heavy atom. The third-order valence-corrected chi connectivity index (χ3v) is 5.40. The van der Waals surface area contributed by atoms with Gasteiger partial charge in [-0.1, -0.05) is 6.07 Å². The molecule has 0 aliphatic carbocycles. The number of hydrogen-bond acceptors (Lipinski definition) is 6. The van der Waals surface area contributed by atoms with E-state index in [1.165, 1.54) is 12.1 Å². The number of hydrogen-bond donors (Lipinski definition) is 0. The maximum Gasteiger partial charge on any atom is 0.247 e. The molecule has 0 N–H and O–H groups in total. The van der Waals surface area contributed by atoms with E-state index in [9.17, 15) is 4.39 Å². The zero-order chi connectivity index (χ0) is 17.3. The van der Waals surface area contributed by atoms with Gasteiger partial charge in [0.15, 0.2) is 0 Å². The Balaban J connectivity index is 1.45. The van der Waals surface area contributed by atoms with Gasteiger partial charge in [-0.3, -0.25) is 9.80 Å². The number of nitrogens with zero attached hydrogens (tertiary/aromatic N) is 4. The smallest absolute Gasteiger partial charge is 0.247 e. The molecule has 1 spiro atoms. The van der Waals surface area contributed by atoms with E-state index in [1.54, 1.807) is 12.1 Å². The number of aromatic nitrogens is 2. The molecule has 0 bridgehead atoms. The lowest BCUT2D eigenvalue weighted by atomic mass is 9.86. The fourth-order valence-electron chi connectivity index (χ4n) is 3.82. The molecule has 1 aromatic heterocycles. The van der Waals surface area contributed by atoms with Gasteiger partial charge in [-0.15, -0.1) is 10.2 Å². The topological polar surface area (TPSA) is 54.6 Å². The van der Waals surface area contributed by atoms with E-state index >= 15 is 0 Å². The first-order valence-corrected chi connectivity index (χ1v) is 8.74. The van der Waals surface area contributed by atoms with E-state index in [2.05, 4.69) is 27.0 Å². The van der Waals surface area contributed by atoms with Gasteiger partial charge >= 0.3 is 0 Å². The summed E-state index contributed by atoms with van der Waals surface area (Å²) in [7, 11) is 2.21. The third-order valence-electron chi connectivity index (χ3n) is 5.40. The van der Waals surface area contributed by atoms with E-state index in [0.717, 1.165) is 45.7 Å². The minimum absolute atomic E-state index is 0.182. The number of likely N-dealkylation sites (N-methyl/N-ethyl adjacent to an activating group) is 1. The van der Waals surface area contributed by atoms with Gasteiger partial charge in [0, 0.05) is 44.0 Å². The normalized spacial score (nSPS) is 21.7. The summed E-state index contributed by atoms with van der Waals surface area (Å²) in [6, 6.07) is 6.22. The largest absolute Gasteiger partial charge is 0.419 e. The third kappa shape index (κ3) is 3.44. The summed E-state index contributed by atoms with van der Waals surface area (Å²) in [5, 5.41) is 8.22. The van der Waals surface area contributed by atoms with Crippen LogP contribution in [0, 0.1) is 5.82 Å². The van der Waals surface area contributed by atoms with E-state index in [0.29, 0.717) is 23.9 Å². The highest BCUT2D eigenvalue weighted by Gasteiger charge is 2.41. The zero-order valence-corrected chi connectivity index (χ0v) is 14.4. The summed E-state index contributed by atoms with van der Waals surface area (Å²) in [5.41, 5.74) is 0.792. The predicted molar refractivity (Wildman–Crippen MR) is 90.4 cm³/mol. The van der Waals surface area contributed by atoms with Crippen LogP contribution in [0.3, 0.4) is 0 Å². The molecular formula is C18H23FN4O2. The molecule has 0 radical (unpaired) electrons. The van der Waals surface area contributed by atoms with Crippen molar-refractivity contribution in [3.63, 3.8) is 0 Å². The van der Waals surface area contributed by atoms with Crippen molar-refractivity contribution in [3.05, 3.63) is 36.0 Å². The first-order valence-electron chi connectivity index (χ1n) is 8.74. The average molecular weight is 346 g/mol. The highest BCUT2D eigenvalue weighted by molar-refractivity contribution is 5.52. The van der Waals surface area contributed by atoms with Gasteiger partial charge in [0.1, 0.15) is 5.82 Å². The second kappa shape index (κ2) is 6.82. The van der Waals surface area contributed by atoms with Crippen molar-refractivity contribution < 1.29 is 13.5 Å². The predicted octanol–water partition coefficient (Wildman–Crippen LogP) is 2.17. The second-order valence-corrected chi connectivity index (χ2v) is 6.98. The molecular weight excluding hydrogens is 323 g/mol. The average Bonchev–Trinajstić information content (AvgIpc) is 3.08. The quantitative estimate of drug-likeness (QED) is 0.849. The number of halogens is 1. The Hall–Kier alpha value is -1.83. The molecule has 134 valence electrons. The minimum atomic E-state index is -0.308. The molecule has 4 rings (SSSR count). The summed E-state index contributed by atoms with van der Waals surface area (Å²) < 4.78 is 24.7. The Labute approximate surface area is 146 Å². The van der Waals surface area contributed by atoms with Crippen LogP contribution in [0.1, 0.15) is 18.7 Å². The van der Waals surface area contributed by atoms with Crippen LogP contribution in [-0.4, -0.2) is 65.4 Å². The van der Waals surface area contributed by atoms with E-state index < -0.39 is 0 Å². The van der Waals surface area contributed by atoms with Gasteiger partial charge in [0.25, 0.3) is 0 Å². The van der Waals surface area contributed by atoms with Crippen LogP contribution in [0.2, 0.25) is 0 Å². The number of piperazine rings is 1. The number of benzene rings is 1. The molecule has 0 amide bonds. The van der Waals surface area contributed by atoms with Gasteiger partial charge < -0.3 is 9.15 Å². The molecule has 2 fully saturated rings. The van der Waals surface area contributed by atoms with Crippen LogP contribution in [0.15, 0.2) is 28.7 Å². The van der Waals surface area contributed by atoms with Gasteiger partial charge in [-0.2, -0.15) is 0 Å². The van der Waals surface area contributed by atoms with Crippen LogP contribution >= 0.6 is 0 Å². The molecule has 0 saturated carbocycles. The summed E-state index contributed by atoms with van der Waals surface area (Å²) in [6.07, 6.45) is 2.11. The van der Waals surface area contributed by atoms with Crippen molar-refractivity contribution in [1.29, 1.82) is 0 Å². The Bertz CT molecular complexity index is 729. The molecule has 25 heavy (non-hydrogen) atoms. The number of rotatable bonds is 3. The fraction of sp³-hybridized carbons (Fsp3) is 0.556. The summed E-state index contributed by atoms with van der Waals surface area (Å²) in [6.45, 7) is 5.23. The molecule has 2 aliphatic rings. The van der Waals surface area contributed by atoms with Crippen LogP contribution in [0.5, 0.6) is 0 Å². The SMILES string of the molecule is CN1CCN(Cc2nnc(-c3cccc(F)c3)o2)CC12CCOCC2. The summed E-state index contributed by atoms with van der Waals surface area (Å²) in [4.78, 5) is 4.84. The fourth-order valence-corrected chi connectivity index (χ4v) is 3.82.